The van der Waals surface area contributed by atoms with E-state index < -0.39 is 40.6 Å². The molecule has 13 heteroatoms. The Kier molecular flexibility index (Phi) is 9.62. The second-order valence-corrected chi connectivity index (χ2v) is 13.7. The monoisotopic (exact) mass is 677 g/mol. The molecule has 0 saturated carbocycles. The summed E-state index contributed by atoms with van der Waals surface area (Å²) in [4.78, 5) is 23.3. The molecule has 3 fully saturated rings. The second kappa shape index (κ2) is 13.1. The number of anilines is 2. The molecule has 5 atom stereocenters. The van der Waals surface area contributed by atoms with Crippen molar-refractivity contribution in [3.8, 4) is 0 Å². The SMILES string of the molecule is C=CC1CN2CC[C@H]1C[C@H]2CN(C(=O)[C@@H](NC(=S)Nc1cc(C(F)(F)F)cc(C(F)(F)F)c1)C(C)(C)C)c1ccnc2ccccc12. The molecule has 6 nitrogen and oxygen atoms in total. The molecule has 252 valence electrons. The van der Waals surface area contributed by atoms with E-state index in [4.69, 9.17) is 12.2 Å². The van der Waals surface area contributed by atoms with E-state index in [0.717, 1.165) is 31.3 Å². The van der Waals surface area contributed by atoms with Crippen molar-refractivity contribution in [2.24, 2.45) is 17.3 Å². The van der Waals surface area contributed by atoms with E-state index in [0.29, 0.717) is 41.7 Å². The third-order valence-corrected chi connectivity index (χ3v) is 9.26. The summed E-state index contributed by atoms with van der Waals surface area (Å²) in [6.45, 7) is 11.5. The predicted octanol–water partition coefficient (Wildman–Crippen LogP) is 7.90. The van der Waals surface area contributed by atoms with Gasteiger partial charge in [0.2, 0.25) is 5.91 Å². The fraction of sp³-hybridized carbons (Fsp3) is 0.441. The van der Waals surface area contributed by atoms with Crippen molar-refractivity contribution in [1.82, 2.24) is 15.2 Å². The summed E-state index contributed by atoms with van der Waals surface area (Å²) in [7, 11) is 0. The number of amides is 1. The lowest BCUT2D eigenvalue weighted by Crippen LogP contribution is -2.60. The van der Waals surface area contributed by atoms with Gasteiger partial charge in [-0.1, -0.05) is 45.0 Å². The molecule has 3 aliphatic rings. The average molecular weight is 678 g/mol. The molecule has 3 aliphatic heterocycles. The van der Waals surface area contributed by atoms with Gasteiger partial charge in [-0.15, -0.1) is 6.58 Å². The van der Waals surface area contributed by atoms with Crippen LogP contribution >= 0.6 is 12.2 Å². The number of benzene rings is 2. The van der Waals surface area contributed by atoms with Gasteiger partial charge >= 0.3 is 12.4 Å². The Bertz CT molecular complexity index is 1610. The maximum atomic E-state index is 14.7. The van der Waals surface area contributed by atoms with Crippen molar-refractivity contribution in [2.45, 2.75) is 58.0 Å². The summed E-state index contributed by atoms with van der Waals surface area (Å²) in [6.07, 6.45) is -4.47. The minimum Gasteiger partial charge on any atom is -0.350 e. The van der Waals surface area contributed by atoms with Crippen molar-refractivity contribution in [2.75, 3.05) is 29.9 Å². The molecule has 2 N–H and O–H groups in total. The number of aromatic nitrogens is 1. The first kappa shape index (κ1) is 34.6. The molecule has 0 aliphatic carbocycles. The zero-order valence-electron chi connectivity index (χ0n) is 26.3. The summed E-state index contributed by atoms with van der Waals surface area (Å²) >= 11 is 5.40. The van der Waals surface area contributed by atoms with Crippen molar-refractivity contribution in [3.63, 3.8) is 0 Å². The highest BCUT2D eigenvalue weighted by Crippen LogP contribution is 2.40. The number of halogens is 6. The van der Waals surface area contributed by atoms with Crippen LogP contribution < -0.4 is 15.5 Å². The van der Waals surface area contributed by atoms with Crippen LogP contribution in [-0.4, -0.2) is 52.6 Å². The van der Waals surface area contributed by atoms with Gasteiger partial charge in [0, 0.05) is 36.4 Å². The highest BCUT2D eigenvalue weighted by molar-refractivity contribution is 7.80. The van der Waals surface area contributed by atoms with Gasteiger partial charge in [-0.05, 0) is 79.2 Å². The third kappa shape index (κ3) is 7.72. The van der Waals surface area contributed by atoms with Gasteiger partial charge in [0.25, 0.3) is 0 Å². The fourth-order valence-electron chi connectivity index (χ4n) is 6.60. The number of para-hydroxylation sites is 1. The maximum absolute atomic E-state index is 14.7. The van der Waals surface area contributed by atoms with E-state index in [1.54, 1.807) is 37.9 Å². The summed E-state index contributed by atoms with van der Waals surface area (Å²) in [6, 6.07) is 9.43. The van der Waals surface area contributed by atoms with Gasteiger partial charge in [0.05, 0.1) is 22.3 Å². The Morgan fingerprint density at radius 1 is 1.09 bits per heavy atom. The highest BCUT2D eigenvalue weighted by atomic mass is 32.1. The fourth-order valence-corrected chi connectivity index (χ4v) is 6.84. The Balaban J connectivity index is 1.47. The topological polar surface area (TPSA) is 60.5 Å². The smallest absolute Gasteiger partial charge is 0.350 e. The maximum Gasteiger partial charge on any atom is 0.416 e. The van der Waals surface area contributed by atoms with Crippen LogP contribution in [0.2, 0.25) is 0 Å². The van der Waals surface area contributed by atoms with Crippen molar-refractivity contribution < 1.29 is 31.1 Å². The first-order valence-corrected chi connectivity index (χ1v) is 15.7. The highest BCUT2D eigenvalue weighted by Gasteiger charge is 2.43. The number of nitrogens with zero attached hydrogens (tertiary/aromatic N) is 3. The molecule has 3 saturated heterocycles. The molecule has 6 rings (SSSR count). The van der Waals surface area contributed by atoms with E-state index in [2.05, 4.69) is 27.1 Å². The molecule has 1 aromatic heterocycles. The first-order chi connectivity index (χ1) is 22.0. The van der Waals surface area contributed by atoms with Crippen LogP contribution in [0, 0.1) is 17.3 Å². The van der Waals surface area contributed by atoms with Crippen LogP contribution in [0.4, 0.5) is 37.7 Å². The summed E-state index contributed by atoms with van der Waals surface area (Å²) < 4.78 is 80.9. The van der Waals surface area contributed by atoms with Gasteiger partial charge in [-0.2, -0.15) is 26.3 Å². The molecule has 2 bridgehead atoms. The number of carbonyl (C=O) groups excluding carboxylic acids is 1. The number of hydrogen-bond donors (Lipinski definition) is 2. The van der Waals surface area contributed by atoms with E-state index >= 15 is 0 Å². The Hall–Kier alpha value is -3.71. The lowest BCUT2D eigenvalue weighted by atomic mass is 9.75. The largest absolute Gasteiger partial charge is 0.416 e. The molecule has 2 unspecified atom stereocenters. The molecule has 3 aromatic rings. The van der Waals surface area contributed by atoms with Crippen LogP contribution in [-0.2, 0) is 17.1 Å². The van der Waals surface area contributed by atoms with Crippen molar-refractivity contribution >= 4 is 45.5 Å². The molecular formula is C34H37F6N5OS. The zero-order valence-corrected chi connectivity index (χ0v) is 27.1. The van der Waals surface area contributed by atoms with Gasteiger partial charge in [0.1, 0.15) is 6.04 Å². The first-order valence-electron chi connectivity index (χ1n) is 15.3. The quantitative estimate of drug-likeness (QED) is 0.151. The number of nitrogens with one attached hydrogen (secondary N) is 2. The lowest BCUT2D eigenvalue weighted by Gasteiger charge is -2.50. The number of thiocarbonyl (C=S) groups is 1. The van der Waals surface area contributed by atoms with E-state index in [1.807, 2.05) is 30.3 Å². The minimum absolute atomic E-state index is 0.0469. The normalized spacial score (nSPS) is 22.1. The number of rotatable bonds is 7. The summed E-state index contributed by atoms with van der Waals surface area (Å²) in [5.41, 5.74) is -2.91. The van der Waals surface area contributed by atoms with Crippen LogP contribution in [0.15, 0.2) is 67.4 Å². The third-order valence-electron chi connectivity index (χ3n) is 9.04. The van der Waals surface area contributed by atoms with Crippen LogP contribution in [0.5, 0.6) is 0 Å². The molecule has 1 amide bonds. The summed E-state index contributed by atoms with van der Waals surface area (Å²) in [5, 5.41) is 5.87. The average Bonchev–Trinajstić information content (AvgIpc) is 3.00. The molecular weight excluding hydrogens is 640 g/mol. The second-order valence-electron chi connectivity index (χ2n) is 13.3. The number of hydrogen-bond acceptors (Lipinski definition) is 4. The molecule has 47 heavy (non-hydrogen) atoms. The van der Waals surface area contributed by atoms with Gasteiger partial charge in [-0.3, -0.25) is 14.7 Å². The zero-order chi connectivity index (χ0) is 34.3. The van der Waals surface area contributed by atoms with Gasteiger partial charge in [-0.25, -0.2) is 0 Å². The van der Waals surface area contributed by atoms with Gasteiger partial charge in [0.15, 0.2) is 5.11 Å². The molecule has 2 aromatic carbocycles. The Labute approximate surface area is 275 Å². The molecule has 0 radical (unpaired) electrons. The predicted molar refractivity (Wildman–Crippen MR) is 175 cm³/mol. The number of pyridine rings is 1. The van der Waals surface area contributed by atoms with E-state index in [1.165, 1.54) is 0 Å². The Morgan fingerprint density at radius 2 is 1.74 bits per heavy atom. The number of alkyl halides is 6. The minimum atomic E-state index is -5.02. The summed E-state index contributed by atoms with van der Waals surface area (Å²) in [5.74, 6) is 0.490. The van der Waals surface area contributed by atoms with Crippen LogP contribution in [0.1, 0.15) is 44.7 Å². The van der Waals surface area contributed by atoms with Crippen LogP contribution in [0.25, 0.3) is 10.9 Å². The standard InChI is InChI=1S/C34H37F6N5OS/c1-5-20-18-44-13-11-21(20)14-25(44)19-45(28-10-12-41-27-9-7-6-8-26(27)28)30(46)29(32(2,3)4)43-31(47)42-24-16-22(33(35,36)37)15-23(17-24)34(38,39)40/h5-10,12,15-17,20-21,25,29H,1,11,13-14,18-19H2,2-4H3,(H2,42,43,47)/t20?,21-,25-,29+/m0/s1. The van der Waals surface area contributed by atoms with Crippen molar-refractivity contribution in [1.29, 1.82) is 0 Å². The number of piperidine rings is 3. The number of carbonyl (C=O) groups is 1. The van der Waals surface area contributed by atoms with E-state index in [-0.39, 0.29) is 23.1 Å². The Morgan fingerprint density at radius 3 is 2.32 bits per heavy atom. The lowest BCUT2D eigenvalue weighted by molar-refractivity contribution is -0.143. The van der Waals surface area contributed by atoms with Gasteiger partial charge < -0.3 is 15.5 Å². The van der Waals surface area contributed by atoms with E-state index in [9.17, 15) is 31.1 Å². The van der Waals surface area contributed by atoms with Crippen molar-refractivity contribution in [3.05, 3.63) is 78.5 Å². The molecule has 0 spiro atoms. The molecule has 4 heterocycles. The van der Waals surface area contributed by atoms with Crippen LogP contribution in [0.3, 0.4) is 0 Å². The number of fused-ring (bicyclic) bond motifs is 4.